The van der Waals surface area contributed by atoms with Gasteiger partial charge in [-0.2, -0.15) is 0 Å². The molecule has 4 atom stereocenters. The van der Waals surface area contributed by atoms with Gasteiger partial charge in [-0.05, 0) is 52.8 Å². The molecule has 2 unspecified atom stereocenters. The average molecular weight is 727 g/mol. The molecule has 0 radical (unpaired) electrons. The molecule has 2 aromatic carbocycles. The summed E-state index contributed by atoms with van der Waals surface area (Å²) >= 11 is 0. The van der Waals surface area contributed by atoms with Crippen LogP contribution in [0.25, 0.3) is 0 Å². The summed E-state index contributed by atoms with van der Waals surface area (Å²) in [7, 11) is 0. The Bertz CT molecular complexity index is 1290. The van der Waals surface area contributed by atoms with Gasteiger partial charge >= 0.3 is 11.9 Å². The molecule has 274 valence electrons. The minimum atomic E-state index is -1.35. The van der Waals surface area contributed by atoms with Gasteiger partial charge in [-0.15, -0.1) is 0 Å². The monoisotopic (exact) mass is 726 g/mol. The molecule has 0 aromatic heterocycles. The van der Waals surface area contributed by atoms with Gasteiger partial charge < -0.3 is 56.0 Å². The molecule has 0 saturated carbocycles. The molecule has 16 heteroatoms. The number of carboxylic acids is 2. The summed E-state index contributed by atoms with van der Waals surface area (Å²) < 4.78 is 0. The van der Waals surface area contributed by atoms with Gasteiger partial charge in [-0.1, -0.05) is 0 Å². The van der Waals surface area contributed by atoms with Crippen LogP contribution in [-0.2, 0) is 53.0 Å². The molecule has 48 heavy (non-hydrogen) atoms. The summed E-state index contributed by atoms with van der Waals surface area (Å²) in [5.41, 5.74) is 0.158. The number of benzene rings is 2. The number of aliphatic carboxylic acids is 2. The van der Waals surface area contributed by atoms with E-state index in [0.717, 1.165) is 18.2 Å². The molecule has 2 rings (SSSR count). The molecule has 0 heterocycles. The van der Waals surface area contributed by atoms with Crippen molar-refractivity contribution < 1.29 is 82.6 Å². The second kappa shape index (κ2) is 21.7. The number of nitrogens with one attached hydrogen (secondary N) is 1. The quantitative estimate of drug-likeness (QED) is 0.0679. The Morgan fingerprint density at radius 2 is 0.917 bits per heavy atom. The Hall–Kier alpha value is -3.18. The van der Waals surface area contributed by atoms with E-state index < -0.39 is 74.0 Å². The predicted molar refractivity (Wildman–Crippen MR) is 171 cm³/mol. The molecule has 0 aliphatic heterocycles. The first kappa shape index (κ1) is 44.8. The van der Waals surface area contributed by atoms with E-state index in [4.69, 9.17) is 0 Å². The SMILES string of the molecule is CC(C(=O)O)N(Cc1cc(O)c(CO)cc1O)[C@H](CO)C(CO)N(Cc1cc(CO)c(O)cc1O)[C@H](C)C(=O)O.CC[NH+](CC)CC.[Fe]. The Morgan fingerprint density at radius 3 is 1.25 bits per heavy atom. The molecule has 11 N–H and O–H groups in total. The predicted octanol–water partition coefficient (Wildman–Crippen LogP) is -0.606. The van der Waals surface area contributed by atoms with Crippen LogP contribution >= 0.6 is 0 Å². The molecular weight excluding hydrogens is 674 g/mol. The van der Waals surface area contributed by atoms with Crippen molar-refractivity contribution in [2.75, 3.05) is 32.8 Å². The molecule has 0 aliphatic rings. The van der Waals surface area contributed by atoms with Crippen molar-refractivity contribution in [3.05, 3.63) is 46.5 Å². The van der Waals surface area contributed by atoms with Gasteiger partial charge in [0.1, 0.15) is 35.1 Å². The van der Waals surface area contributed by atoms with E-state index in [0.29, 0.717) is 0 Å². The van der Waals surface area contributed by atoms with Crippen LogP contribution in [0.2, 0.25) is 0 Å². The maximum Gasteiger partial charge on any atom is 0.320 e. The zero-order chi connectivity index (χ0) is 36.0. The van der Waals surface area contributed by atoms with Gasteiger partial charge in [0.2, 0.25) is 0 Å². The number of phenols is 4. The molecule has 2 aromatic rings. The zero-order valence-electron chi connectivity index (χ0n) is 28.0. The fourth-order valence-electron chi connectivity index (χ4n) is 5.25. The number of carboxylic acid groups (broad SMARTS) is 2. The van der Waals surface area contributed by atoms with Crippen LogP contribution in [0, 0.1) is 0 Å². The smallest absolute Gasteiger partial charge is 0.320 e. The number of phenolic OH excluding ortho intramolecular Hbond substituents is 2. The molecular formula is C32H52FeN3O12+. The number of carbonyl (C=O) groups is 2. The normalized spacial score (nSPS) is 13.8. The van der Waals surface area contributed by atoms with Crippen LogP contribution in [0.4, 0.5) is 0 Å². The van der Waals surface area contributed by atoms with E-state index in [1.54, 1.807) is 4.90 Å². The third-order valence-electron chi connectivity index (χ3n) is 8.49. The van der Waals surface area contributed by atoms with Gasteiger partial charge in [-0.3, -0.25) is 19.4 Å². The second-order valence-corrected chi connectivity index (χ2v) is 11.2. The first-order valence-corrected chi connectivity index (χ1v) is 15.5. The number of aromatic hydroxyl groups is 4. The molecule has 0 amide bonds. The third kappa shape index (κ3) is 12.1. The van der Waals surface area contributed by atoms with Gasteiger partial charge in [0.05, 0.1) is 58.1 Å². The Morgan fingerprint density at radius 1 is 0.604 bits per heavy atom. The van der Waals surface area contributed by atoms with E-state index in [9.17, 15) is 60.7 Å². The summed E-state index contributed by atoms with van der Waals surface area (Å²) in [5.74, 6) is -4.27. The van der Waals surface area contributed by atoms with Gasteiger partial charge in [0, 0.05) is 58.5 Å². The second-order valence-electron chi connectivity index (χ2n) is 11.2. The van der Waals surface area contributed by atoms with Crippen LogP contribution in [0.1, 0.15) is 56.9 Å². The van der Waals surface area contributed by atoms with Crippen LogP contribution in [-0.4, -0.2) is 130 Å². The van der Waals surface area contributed by atoms with Crippen molar-refractivity contribution in [1.82, 2.24) is 9.80 Å². The van der Waals surface area contributed by atoms with E-state index in [2.05, 4.69) is 20.8 Å². The van der Waals surface area contributed by atoms with Crippen molar-refractivity contribution in [2.24, 2.45) is 0 Å². The summed E-state index contributed by atoms with van der Waals surface area (Å²) in [6, 6.07) is -0.813. The minimum Gasteiger partial charge on any atom is -0.508 e. The molecule has 0 bridgehead atoms. The fourth-order valence-corrected chi connectivity index (χ4v) is 5.25. The third-order valence-corrected chi connectivity index (χ3v) is 8.49. The molecule has 0 spiro atoms. The van der Waals surface area contributed by atoms with Crippen molar-refractivity contribution in [2.45, 2.75) is 85.1 Å². The number of quaternary nitrogens is 1. The van der Waals surface area contributed by atoms with Crippen LogP contribution in [0.15, 0.2) is 24.3 Å². The Labute approximate surface area is 291 Å². The molecule has 0 fully saturated rings. The maximum absolute atomic E-state index is 12.1. The number of hydrogen-bond donors (Lipinski definition) is 11. The summed E-state index contributed by atoms with van der Waals surface area (Å²) in [5, 5.41) is 100. The number of rotatable bonds is 18. The van der Waals surface area contributed by atoms with Gasteiger partial charge in [0.15, 0.2) is 0 Å². The largest absolute Gasteiger partial charge is 0.508 e. The molecule has 15 nitrogen and oxygen atoms in total. The maximum atomic E-state index is 12.1. The molecule has 0 saturated heterocycles. The molecule has 0 aliphatic carbocycles. The van der Waals surface area contributed by atoms with Gasteiger partial charge in [0.25, 0.3) is 0 Å². The van der Waals surface area contributed by atoms with E-state index in [1.807, 2.05) is 0 Å². The Balaban J connectivity index is 0.00000248. The zero-order valence-corrected chi connectivity index (χ0v) is 29.1. The Kier molecular flexibility index (Phi) is 20.3. The standard InChI is InChI=1S/C26H36N2O12.C6H15N.Fe/c1-13(25(37)38)27(7-15-3-17(9-29)24(36)6-23(15)35)19(11-31)20(12-32)28(14(2)26(39)40)8-16-4-22(34)18(10-30)5-21(16)33;1-4-7(5-2)6-3;/h3-6,13-14,19-20,29-36H,7-12H2,1-2H3,(H,37,38)(H,39,40);4-6H2,1-3H3;/p+1/t13-,14?,19?,20-;;/m1../s1. The number of aliphatic hydroxyl groups excluding tert-OH is 4. The number of nitrogens with zero attached hydrogens (tertiary/aromatic N) is 2. The van der Waals surface area contributed by atoms with Crippen LogP contribution < -0.4 is 4.90 Å². The summed E-state index contributed by atoms with van der Waals surface area (Å²) in [4.78, 5) is 28.2. The van der Waals surface area contributed by atoms with Gasteiger partial charge in [-0.25, -0.2) is 0 Å². The average Bonchev–Trinajstić information content (AvgIpc) is 3.04. The van der Waals surface area contributed by atoms with Crippen molar-refractivity contribution >= 4 is 11.9 Å². The van der Waals surface area contributed by atoms with E-state index >= 15 is 0 Å². The summed E-state index contributed by atoms with van der Waals surface area (Å²) in [6.07, 6.45) is 0. The number of aliphatic hydroxyl groups is 4. The van der Waals surface area contributed by atoms with E-state index in [-0.39, 0.29) is 63.9 Å². The van der Waals surface area contributed by atoms with Crippen molar-refractivity contribution in [3.8, 4) is 23.0 Å². The summed E-state index contributed by atoms with van der Waals surface area (Å²) in [6.45, 7) is 9.58. The number of hydrogen-bond acceptors (Lipinski definition) is 12. The van der Waals surface area contributed by atoms with Crippen molar-refractivity contribution in [1.29, 1.82) is 0 Å². The van der Waals surface area contributed by atoms with Crippen LogP contribution in [0.3, 0.4) is 0 Å². The minimum absolute atomic E-state index is 0. The van der Waals surface area contributed by atoms with Crippen molar-refractivity contribution in [3.63, 3.8) is 0 Å². The first-order chi connectivity index (χ1) is 22.1. The van der Waals surface area contributed by atoms with E-state index in [1.165, 1.54) is 49.3 Å². The topological polar surface area (TPSA) is 247 Å². The van der Waals surface area contributed by atoms with Crippen LogP contribution in [0.5, 0.6) is 23.0 Å². The first-order valence-electron chi connectivity index (χ1n) is 15.5. The fraction of sp³-hybridized carbons (Fsp3) is 0.562.